The number of anilines is 1. The van der Waals surface area contributed by atoms with Crippen LogP contribution in [0, 0.1) is 13.8 Å². The molecule has 3 aromatic rings. The van der Waals surface area contributed by atoms with Gasteiger partial charge in [0.15, 0.2) is 5.11 Å². The molecule has 0 bridgehead atoms. The summed E-state index contributed by atoms with van der Waals surface area (Å²) in [5, 5.41) is 14.0. The van der Waals surface area contributed by atoms with Crippen molar-refractivity contribution in [1.29, 1.82) is 0 Å². The summed E-state index contributed by atoms with van der Waals surface area (Å²) in [5.74, 6) is 0. The molecule has 0 atom stereocenters. The number of aromatic nitrogens is 1. The Hall–Kier alpha value is -2.70. The Bertz CT molecular complexity index is 1020. The second kappa shape index (κ2) is 8.33. The Morgan fingerprint density at radius 1 is 1.19 bits per heavy atom. The van der Waals surface area contributed by atoms with Crippen LogP contribution in [0.5, 0.6) is 0 Å². The molecule has 6 heteroatoms. The van der Waals surface area contributed by atoms with Gasteiger partial charge < -0.3 is 20.3 Å². The van der Waals surface area contributed by atoms with Gasteiger partial charge in [-0.05, 0) is 61.3 Å². The molecule has 1 heterocycles. The van der Waals surface area contributed by atoms with E-state index in [1.165, 1.54) is 0 Å². The first-order chi connectivity index (χ1) is 13.0. The molecule has 0 radical (unpaired) electrons. The molecule has 0 saturated carbocycles. The van der Waals surface area contributed by atoms with Crippen molar-refractivity contribution in [1.82, 2.24) is 9.88 Å². The number of hydrogen-bond donors (Lipinski definition) is 3. The number of aryl methyl sites for hydroxylation is 2. The number of hydrogen-bond acceptors (Lipinski definition) is 3. The summed E-state index contributed by atoms with van der Waals surface area (Å²) >= 11 is 5.49. The third-order valence-corrected chi connectivity index (χ3v) is 4.77. The van der Waals surface area contributed by atoms with Gasteiger partial charge in [0, 0.05) is 17.8 Å². The van der Waals surface area contributed by atoms with Crippen molar-refractivity contribution in [3.63, 3.8) is 0 Å². The fraction of sp³-hybridized carbons (Fsp3) is 0.238. The van der Waals surface area contributed by atoms with Crippen LogP contribution in [0.1, 0.15) is 16.7 Å². The van der Waals surface area contributed by atoms with Crippen LogP contribution < -0.4 is 10.9 Å². The Morgan fingerprint density at radius 2 is 1.93 bits per heavy atom. The Balaban J connectivity index is 1.88. The third-order valence-electron chi connectivity index (χ3n) is 4.41. The number of nitrogens with zero attached hydrogens (tertiary/aromatic N) is 1. The lowest BCUT2D eigenvalue weighted by Crippen LogP contribution is -2.37. The SMILES string of the molecule is Cc1cc(C)c2[nH]c(=O)c(CN(CCO)C(=S)Nc3ccccc3)cc2c1. The number of fused-ring (bicyclic) bond motifs is 1. The van der Waals surface area contributed by atoms with Crippen LogP contribution in [-0.2, 0) is 6.54 Å². The van der Waals surface area contributed by atoms with E-state index in [2.05, 4.69) is 22.4 Å². The molecule has 0 fully saturated rings. The highest BCUT2D eigenvalue weighted by Crippen LogP contribution is 2.19. The van der Waals surface area contributed by atoms with Crippen LogP contribution >= 0.6 is 12.2 Å². The minimum absolute atomic E-state index is 0.0552. The lowest BCUT2D eigenvalue weighted by Gasteiger charge is -2.25. The molecule has 0 unspecified atom stereocenters. The van der Waals surface area contributed by atoms with Gasteiger partial charge in [-0.15, -0.1) is 0 Å². The first-order valence-electron chi connectivity index (χ1n) is 8.83. The lowest BCUT2D eigenvalue weighted by molar-refractivity contribution is 0.248. The van der Waals surface area contributed by atoms with Crippen molar-refractivity contribution < 1.29 is 5.11 Å². The molecule has 0 spiro atoms. The lowest BCUT2D eigenvalue weighted by atomic mass is 10.1. The summed E-state index contributed by atoms with van der Waals surface area (Å²) in [6, 6.07) is 15.6. The van der Waals surface area contributed by atoms with E-state index < -0.39 is 0 Å². The van der Waals surface area contributed by atoms with Crippen molar-refractivity contribution in [3.8, 4) is 0 Å². The fourth-order valence-corrected chi connectivity index (χ4v) is 3.43. The molecule has 0 aliphatic heterocycles. The van der Waals surface area contributed by atoms with Gasteiger partial charge >= 0.3 is 0 Å². The van der Waals surface area contributed by atoms with Crippen molar-refractivity contribution in [2.75, 3.05) is 18.5 Å². The highest BCUT2D eigenvalue weighted by atomic mass is 32.1. The molecule has 0 amide bonds. The van der Waals surface area contributed by atoms with E-state index in [0.29, 0.717) is 23.8 Å². The van der Waals surface area contributed by atoms with Gasteiger partial charge in [0.25, 0.3) is 5.56 Å². The molecule has 2 aromatic carbocycles. The predicted molar refractivity (Wildman–Crippen MR) is 114 cm³/mol. The first kappa shape index (κ1) is 19.1. The third kappa shape index (κ3) is 4.53. The van der Waals surface area contributed by atoms with Crippen molar-refractivity contribution in [2.45, 2.75) is 20.4 Å². The van der Waals surface area contributed by atoms with E-state index >= 15 is 0 Å². The van der Waals surface area contributed by atoms with E-state index in [9.17, 15) is 9.90 Å². The maximum Gasteiger partial charge on any atom is 0.253 e. The average molecular weight is 382 g/mol. The second-order valence-electron chi connectivity index (χ2n) is 6.61. The van der Waals surface area contributed by atoms with Crippen molar-refractivity contribution in [2.24, 2.45) is 0 Å². The van der Waals surface area contributed by atoms with Crippen molar-refractivity contribution in [3.05, 3.63) is 75.6 Å². The average Bonchev–Trinajstić information content (AvgIpc) is 2.63. The zero-order chi connectivity index (χ0) is 19.4. The number of benzene rings is 2. The minimum atomic E-state index is -0.139. The van der Waals surface area contributed by atoms with Gasteiger partial charge in [0.2, 0.25) is 0 Å². The molecular formula is C21H23N3O2S. The predicted octanol–water partition coefficient (Wildman–Crippen LogP) is 3.34. The number of rotatable bonds is 5. The van der Waals surface area contributed by atoms with Crippen molar-refractivity contribution >= 4 is 33.9 Å². The second-order valence-corrected chi connectivity index (χ2v) is 7.00. The Kier molecular flexibility index (Phi) is 5.88. The van der Waals surface area contributed by atoms with Crippen LogP contribution in [0.3, 0.4) is 0 Å². The summed E-state index contributed by atoms with van der Waals surface area (Å²) < 4.78 is 0. The van der Waals surface area contributed by atoms with Gasteiger partial charge in [-0.3, -0.25) is 4.79 Å². The monoisotopic (exact) mass is 381 g/mol. The summed E-state index contributed by atoms with van der Waals surface area (Å²) in [6.07, 6.45) is 0. The molecule has 0 aliphatic carbocycles. The Labute approximate surface area is 163 Å². The standard InChI is InChI=1S/C21H23N3O2S/c1-14-10-15(2)19-16(11-14)12-17(20(26)23-19)13-24(8-9-25)21(27)22-18-6-4-3-5-7-18/h3-7,10-12,25H,8-9,13H2,1-2H3,(H,22,27)(H,23,26). The smallest absolute Gasteiger partial charge is 0.253 e. The molecule has 5 nitrogen and oxygen atoms in total. The highest BCUT2D eigenvalue weighted by Gasteiger charge is 2.14. The van der Waals surface area contributed by atoms with Gasteiger partial charge in [-0.1, -0.05) is 29.8 Å². The largest absolute Gasteiger partial charge is 0.395 e. The Morgan fingerprint density at radius 3 is 2.63 bits per heavy atom. The van der Waals surface area contributed by atoms with Gasteiger partial charge in [-0.2, -0.15) is 0 Å². The summed E-state index contributed by atoms with van der Waals surface area (Å²) in [4.78, 5) is 17.4. The maximum atomic E-state index is 12.6. The molecule has 27 heavy (non-hydrogen) atoms. The summed E-state index contributed by atoms with van der Waals surface area (Å²) in [6.45, 7) is 4.62. The van der Waals surface area contributed by atoms with Gasteiger partial charge in [-0.25, -0.2) is 0 Å². The number of para-hydroxylation sites is 1. The van der Waals surface area contributed by atoms with E-state index in [1.807, 2.05) is 50.2 Å². The zero-order valence-electron chi connectivity index (χ0n) is 15.5. The highest BCUT2D eigenvalue weighted by molar-refractivity contribution is 7.80. The number of H-pyrrole nitrogens is 1. The van der Waals surface area contributed by atoms with Crippen LogP contribution in [0.2, 0.25) is 0 Å². The molecule has 3 rings (SSSR count). The zero-order valence-corrected chi connectivity index (χ0v) is 16.3. The van der Waals surface area contributed by atoms with Crippen LogP contribution in [-0.4, -0.2) is 33.3 Å². The number of nitrogens with one attached hydrogen (secondary N) is 2. The van der Waals surface area contributed by atoms with Gasteiger partial charge in [0.05, 0.1) is 18.7 Å². The first-order valence-corrected chi connectivity index (χ1v) is 9.24. The van der Waals surface area contributed by atoms with E-state index in [1.54, 1.807) is 4.90 Å². The minimum Gasteiger partial charge on any atom is -0.395 e. The number of aromatic amines is 1. The normalized spacial score (nSPS) is 10.8. The van der Waals surface area contributed by atoms with Crippen LogP contribution in [0.15, 0.2) is 53.3 Å². The molecule has 140 valence electrons. The summed E-state index contributed by atoms with van der Waals surface area (Å²) in [5.41, 5.74) is 4.38. The maximum absolute atomic E-state index is 12.6. The molecule has 1 aromatic heterocycles. The quantitative estimate of drug-likeness (QED) is 0.592. The van der Waals surface area contributed by atoms with Gasteiger partial charge in [0.1, 0.15) is 0 Å². The number of pyridine rings is 1. The van der Waals surface area contributed by atoms with Crippen LogP contribution in [0.25, 0.3) is 10.9 Å². The number of aliphatic hydroxyl groups excluding tert-OH is 1. The van der Waals surface area contributed by atoms with E-state index in [0.717, 1.165) is 27.7 Å². The van der Waals surface area contributed by atoms with E-state index in [-0.39, 0.29) is 12.2 Å². The molecule has 0 aliphatic rings. The molecule has 3 N–H and O–H groups in total. The topological polar surface area (TPSA) is 68.4 Å². The fourth-order valence-electron chi connectivity index (χ4n) is 3.15. The molecular weight excluding hydrogens is 358 g/mol. The van der Waals surface area contributed by atoms with Crippen LogP contribution in [0.4, 0.5) is 5.69 Å². The number of aliphatic hydroxyl groups is 1. The summed E-state index contributed by atoms with van der Waals surface area (Å²) in [7, 11) is 0. The van der Waals surface area contributed by atoms with E-state index in [4.69, 9.17) is 12.2 Å². The number of thiocarbonyl (C=S) groups is 1. The molecule has 0 saturated heterocycles.